The van der Waals surface area contributed by atoms with Crippen LogP contribution in [0.1, 0.15) is 4.88 Å². The van der Waals surface area contributed by atoms with Crippen molar-refractivity contribution in [2.24, 2.45) is 5.10 Å². The van der Waals surface area contributed by atoms with E-state index < -0.39 is 0 Å². The van der Waals surface area contributed by atoms with Gasteiger partial charge in [0.05, 0.1) is 18.1 Å². The Bertz CT molecular complexity index is 695. The van der Waals surface area contributed by atoms with Gasteiger partial charge in [-0.2, -0.15) is 10.2 Å². The second-order valence-electron chi connectivity index (χ2n) is 3.92. The molecule has 0 atom stereocenters. The molecule has 0 aliphatic heterocycles. The third-order valence-corrected chi connectivity index (χ3v) is 3.33. The second kappa shape index (κ2) is 6.03. The molecule has 6 heteroatoms. The number of anilines is 1. The molecule has 1 aromatic carbocycles. The lowest BCUT2D eigenvalue weighted by atomic mass is 10.2. The Kier molecular flexibility index (Phi) is 3.75. The SMILES string of the molecule is C(=N\Nc1nncc(-c2ccccc2)n1)/c1cccs1. The van der Waals surface area contributed by atoms with Crippen molar-refractivity contribution in [3.05, 3.63) is 58.9 Å². The van der Waals surface area contributed by atoms with Gasteiger partial charge in [-0.1, -0.05) is 36.4 Å². The molecule has 0 spiro atoms. The first-order valence-electron chi connectivity index (χ1n) is 5.99. The zero-order chi connectivity index (χ0) is 13.6. The summed E-state index contributed by atoms with van der Waals surface area (Å²) in [5, 5.41) is 13.9. The van der Waals surface area contributed by atoms with Crippen LogP contribution < -0.4 is 5.43 Å². The predicted octanol–water partition coefficient (Wildman–Crippen LogP) is 3.05. The van der Waals surface area contributed by atoms with Crippen molar-refractivity contribution >= 4 is 23.5 Å². The maximum Gasteiger partial charge on any atom is 0.263 e. The number of aromatic nitrogens is 3. The monoisotopic (exact) mass is 281 g/mol. The number of hydrazone groups is 1. The molecule has 0 amide bonds. The van der Waals surface area contributed by atoms with E-state index in [0.717, 1.165) is 16.1 Å². The van der Waals surface area contributed by atoms with Crippen LogP contribution in [0.2, 0.25) is 0 Å². The second-order valence-corrected chi connectivity index (χ2v) is 4.90. The van der Waals surface area contributed by atoms with Crippen molar-refractivity contribution in [3.8, 4) is 11.3 Å². The van der Waals surface area contributed by atoms with Crippen LogP contribution in [0.5, 0.6) is 0 Å². The molecule has 3 aromatic rings. The van der Waals surface area contributed by atoms with Gasteiger partial charge in [-0.15, -0.1) is 16.4 Å². The van der Waals surface area contributed by atoms with Gasteiger partial charge in [0.15, 0.2) is 0 Å². The quantitative estimate of drug-likeness (QED) is 0.589. The van der Waals surface area contributed by atoms with E-state index in [-0.39, 0.29) is 0 Å². The number of nitrogens with one attached hydrogen (secondary N) is 1. The third kappa shape index (κ3) is 3.04. The number of nitrogens with zero attached hydrogens (tertiary/aromatic N) is 4. The van der Waals surface area contributed by atoms with Crippen LogP contribution in [0, 0.1) is 0 Å². The highest BCUT2D eigenvalue weighted by Crippen LogP contribution is 2.15. The van der Waals surface area contributed by atoms with Gasteiger partial charge in [-0.3, -0.25) is 0 Å². The summed E-state index contributed by atoms with van der Waals surface area (Å²) in [5.41, 5.74) is 4.54. The first kappa shape index (κ1) is 12.4. The van der Waals surface area contributed by atoms with E-state index in [1.54, 1.807) is 23.7 Å². The first-order chi connectivity index (χ1) is 9.92. The molecule has 0 aliphatic rings. The summed E-state index contributed by atoms with van der Waals surface area (Å²) in [5.74, 6) is 0.374. The van der Waals surface area contributed by atoms with Gasteiger partial charge in [-0.25, -0.2) is 10.4 Å². The lowest BCUT2D eigenvalue weighted by molar-refractivity contribution is 0.967. The Morgan fingerprint density at radius 3 is 2.80 bits per heavy atom. The van der Waals surface area contributed by atoms with Gasteiger partial charge in [0, 0.05) is 10.4 Å². The Labute approximate surface area is 120 Å². The molecule has 0 aliphatic carbocycles. The minimum absolute atomic E-state index is 0.374. The van der Waals surface area contributed by atoms with Gasteiger partial charge in [0.1, 0.15) is 0 Å². The third-order valence-electron chi connectivity index (χ3n) is 2.53. The summed E-state index contributed by atoms with van der Waals surface area (Å²) >= 11 is 1.61. The number of thiophene rings is 1. The highest BCUT2D eigenvalue weighted by atomic mass is 32.1. The van der Waals surface area contributed by atoms with Crippen LogP contribution in [0.15, 0.2) is 59.1 Å². The highest BCUT2D eigenvalue weighted by Gasteiger charge is 2.01. The van der Waals surface area contributed by atoms with E-state index in [1.165, 1.54) is 0 Å². The Balaban J connectivity index is 1.75. The Morgan fingerprint density at radius 2 is 2.00 bits per heavy atom. The minimum Gasteiger partial charge on any atom is -0.244 e. The highest BCUT2D eigenvalue weighted by molar-refractivity contribution is 7.11. The normalized spacial score (nSPS) is 10.8. The van der Waals surface area contributed by atoms with E-state index in [0.29, 0.717) is 5.95 Å². The minimum atomic E-state index is 0.374. The lowest BCUT2D eigenvalue weighted by Gasteiger charge is -2.01. The van der Waals surface area contributed by atoms with E-state index >= 15 is 0 Å². The van der Waals surface area contributed by atoms with E-state index in [1.807, 2.05) is 47.8 Å². The van der Waals surface area contributed by atoms with Crippen molar-refractivity contribution in [2.45, 2.75) is 0 Å². The summed E-state index contributed by atoms with van der Waals surface area (Å²) in [6.07, 6.45) is 3.35. The lowest BCUT2D eigenvalue weighted by Crippen LogP contribution is -1.99. The summed E-state index contributed by atoms with van der Waals surface area (Å²) in [7, 11) is 0. The zero-order valence-corrected chi connectivity index (χ0v) is 11.3. The molecule has 0 radical (unpaired) electrons. The fourth-order valence-corrected chi connectivity index (χ4v) is 2.20. The molecule has 20 heavy (non-hydrogen) atoms. The van der Waals surface area contributed by atoms with Gasteiger partial charge < -0.3 is 0 Å². The summed E-state index contributed by atoms with van der Waals surface area (Å²) < 4.78 is 0. The number of benzene rings is 1. The molecule has 0 saturated carbocycles. The molecule has 0 bridgehead atoms. The van der Waals surface area contributed by atoms with Crippen LogP contribution in [0.4, 0.5) is 5.95 Å². The molecule has 5 nitrogen and oxygen atoms in total. The van der Waals surface area contributed by atoms with Crippen molar-refractivity contribution < 1.29 is 0 Å². The van der Waals surface area contributed by atoms with E-state index in [9.17, 15) is 0 Å². The number of hydrogen-bond donors (Lipinski definition) is 1. The Hall–Kier alpha value is -2.60. The summed E-state index contributed by atoms with van der Waals surface area (Å²) in [6.45, 7) is 0. The predicted molar refractivity (Wildman–Crippen MR) is 80.8 cm³/mol. The maximum atomic E-state index is 4.37. The maximum absolute atomic E-state index is 4.37. The smallest absolute Gasteiger partial charge is 0.244 e. The fraction of sp³-hybridized carbons (Fsp3) is 0. The topological polar surface area (TPSA) is 63.1 Å². The van der Waals surface area contributed by atoms with Crippen molar-refractivity contribution in [1.82, 2.24) is 15.2 Å². The van der Waals surface area contributed by atoms with Gasteiger partial charge in [0.2, 0.25) is 0 Å². The van der Waals surface area contributed by atoms with Crippen LogP contribution >= 0.6 is 11.3 Å². The van der Waals surface area contributed by atoms with Gasteiger partial charge in [-0.05, 0) is 11.4 Å². The van der Waals surface area contributed by atoms with Crippen LogP contribution in [0.3, 0.4) is 0 Å². The van der Waals surface area contributed by atoms with Crippen molar-refractivity contribution in [3.63, 3.8) is 0 Å². The summed E-state index contributed by atoms with van der Waals surface area (Å²) in [6, 6.07) is 13.8. The Morgan fingerprint density at radius 1 is 1.10 bits per heavy atom. The fourth-order valence-electron chi connectivity index (χ4n) is 1.62. The van der Waals surface area contributed by atoms with Gasteiger partial charge >= 0.3 is 0 Å². The average Bonchev–Trinajstić information content (AvgIpc) is 3.02. The molecular formula is C14H11N5S. The van der Waals surface area contributed by atoms with Crippen LogP contribution in [-0.4, -0.2) is 21.4 Å². The van der Waals surface area contributed by atoms with E-state index in [4.69, 9.17) is 0 Å². The molecule has 0 unspecified atom stereocenters. The molecular weight excluding hydrogens is 270 g/mol. The molecule has 98 valence electrons. The number of hydrogen-bond acceptors (Lipinski definition) is 6. The zero-order valence-electron chi connectivity index (χ0n) is 10.5. The first-order valence-corrected chi connectivity index (χ1v) is 6.87. The van der Waals surface area contributed by atoms with Crippen LogP contribution in [0.25, 0.3) is 11.3 Å². The van der Waals surface area contributed by atoms with Crippen molar-refractivity contribution in [1.29, 1.82) is 0 Å². The molecule has 0 saturated heterocycles. The molecule has 0 fully saturated rings. The average molecular weight is 281 g/mol. The largest absolute Gasteiger partial charge is 0.263 e. The van der Waals surface area contributed by atoms with Gasteiger partial charge in [0.25, 0.3) is 5.95 Å². The standard InChI is InChI=1S/C14H11N5S/c1-2-5-11(6-3-1)13-10-16-19-14(17-13)18-15-9-12-7-4-8-20-12/h1-10H,(H,17,18,19)/b15-9+. The molecule has 2 aromatic heterocycles. The van der Waals surface area contributed by atoms with Crippen LogP contribution in [-0.2, 0) is 0 Å². The number of rotatable bonds is 4. The van der Waals surface area contributed by atoms with Crippen molar-refractivity contribution in [2.75, 3.05) is 5.43 Å². The molecule has 3 rings (SSSR count). The molecule has 2 heterocycles. The summed E-state index contributed by atoms with van der Waals surface area (Å²) in [4.78, 5) is 5.43. The van der Waals surface area contributed by atoms with E-state index in [2.05, 4.69) is 25.7 Å². The molecule has 1 N–H and O–H groups in total.